The highest BCUT2D eigenvalue weighted by Crippen LogP contribution is 2.21. The fraction of sp³-hybridized carbons (Fsp3) is 0.706. The Bertz CT molecular complexity index is 663. The van der Waals surface area contributed by atoms with Crippen molar-refractivity contribution in [3.63, 3.8) is 0 Å². The molecule has 2 aromatic rings. The summed E-state index contributed by atoms with van der Waals surface area (Å²) in [5, 5.41) is 8.50. The van der Waals surface area contributed by atoms with Crippen molar-refractivity contribution in [2.45, 2.75) is 65.3 Å². The van der Waals surface area contributed by atoms with Crippen LogP contribution in [0.2, 0.25) is 0 Å². The third kappa shape index (κ3) is 4.21. The molecule has 24 heavy (non-hydrogen) atoms. The second kappa shape index (κ2) is 6.64. The second-order valence-corrected chi connectivity index (χ2v) is 7.75. The van der Waals surface area contributed by atoms with Crippen molar-refractivity contribution in [1.29, 1.82) is 0 Å². The summed E-state index contributed by atoms with van der Waals surface area (Å²) in [7, 11) is 0. The molecule has 1 saturated heterocycles. The maximum absolute atomic E-state index is 5.77. The molecule has 7 nitrogen and oxygen atoms in total. The number of aromatic nitrogens is 4. The molecule has 7 heteroatoms. The fourth-order valence-electron chi connectivity index (χ4n) is 3.02. The Balaban J connectivity index is 1.60. The van der Waals surface area contributed by atoms with Crippen LogP contribution in [0.1, 0.15) is 51.9 Å². The molecule has 0 aromatic carbocycles. The Morgan fingerprint density at radius 3 is 2.46 bits per heavy atom. The molecule has 0 unspecified atom stereocenters. The highest BCUT2D eigenvalue weighted by Gasteiger charge is 2.23. The first-order chi connectivity index (χ1) is 11.3. The van der Waals surface area contributed by atoms with Gasteiger partial charge in [0.05, 0.1) is 30.6 Å². The smallest absolute Gasteiger partial charge is 0.199 e. The Kier molecular flexibility index (Phi) is 4.73. The standard InChI is InChI=1S/C17H27N5O2/c1-12-6-21(7-13(2)24-12)8-14-9-22(20-19-14)10-15-11-23-16(18-15)17(3,4)5/h9,11-13H,6-8,10H2,1-5H3/t12-,13+. The number of rotatable bonds is 4. The summed E-state index contributed by atoms with van der Waals surface area (Å²) in [4.78, 5) is 6.90. The van der Waals surface area contributed by atoms with Gasteiger partial charge in [0, 0.05) is 25.0 Å². The molecule has 2 aromatic heterocycles. The van der Waals surface area contributed by atoms with Crippen LogP contribution in [0, 0.1) is 0 Å². The number of hydrogen-bond donors (Lipinski definition) is 0. The predicted molar refractivity (Wildman–Crippen MR) is 89.6 cm³/mol. The number of morpholine rings is 1. The molecule has 132 valence electrons. The molecular weight excluding hydrogens is 306 g/mol. The largest absolute Gasteiger partial charge is 0.448 e. The van der Waals surface area contributed by atoms with Crippen LogP contribution in [0.5, 0.6) is 0 Å². The zero-order valence-corrected chi connectivity index (χ0v) is 15.2. The minimum atomic E-state index is -0.0878. The molecule has 0 bridgehead atoms. The maximum atomic E-state index is 5.77. The summed E-state index contributed by atoms with van der Waals surface area (Å²) in [6.45, 7) is 13.7. The van der Waals surface area contributed by atoms with Gasteiger partial charge in [-0.25, -0.2) is 9.67 Å². The summed E-state index contributed by atoms with van der Waals surface area (Å²) in [5.41, 5.74) is 1.75. The van der Waals surface area contributed by atoms with Crippen LogP contribution in [-0.4, -0.2) is 50.2 Å². The molecule has 0 aliphatic carbocycles. The molecule has 0 spiro atoms. The van der Waals surface area contributed by atoms with Crippen molar-refractivity contribution in [3.8, 4) is 0 Å². The number of ether oxygens (including phenoxy) is 1. The van der Waals surface area contributed by atoms with E-state index < -0.39 is 0 Å². The number of hydrogen-bond acceptors (Lipinski definition) is 6. The van der Waals surface area contributed by atoms with Gasteiger partial charge in [0.1, 0.15) is 12.0 Å². The van der Waals surface area contributed by atoms with Crippen LogP contribution in [0.4, 0.5) is 0 Å². The van der Waals surface area contributed by atoms with Crippen molar-refractivity contribution in [2.75, 3.05) is 13.1 Å². The summed E-state index contributed by atoms with van der Waals surface area (Å²) < 4.78 is 13.1. The quantitative estimate of drug-likeness (QED) is 0.854. The maximum Gasteiger partial charge on any atom is 0.199 e. The van der Waals surface area contributed by atoms with Crippen molar-refractivity contribution in [3.05, 3.63) is 29.7 Å². The van der Waals surface area contributed by atoms with Gasteiger partial charge in [-0.3, -0.25) is 4.90 Å². The minimum Gasteiger partial charge on any atom is -0.448 e. The molecule has 0 N–H and O–H groups in total. The lowest BCUT2D eigenvalue weighted by Gasteiger charge is -2.34. The molecule has 3 heterocycles. The molecule has 2 atom stereocenters. The first kappa shape index (κ1) is 17.1. The van der Waals surface area contributed by atoms with Gasteiger partial charge >= 0.3 is 0 Å². The summed E-state index contributed by atoms with van der Waals surface area (Å²) in [6.07, 6.45) is 4.20. The molecule has 0 saturated carbocycles. The number of oxazole rings is 1. The summed E-state index contributed by atoms with van der Waals surface area (Å²) >= 11 is 0. The van der Waals surface area contributed by atoms with Gasteiger partial charge in [-0.15, -0.1) is 5.10 Å². The lowest BCUT2D eigenvalue weighted by Crippen LogP contribution is -2.44. The third-order valence-corrected chi connectivity index (χ3v) is 3.98. The average molecular weight is 333 g/mol. The molecule has 0 radical (unpaired) electrons. The fourth-order valence-corrected chi connectivity index (χ4v) is 3.02. The zero-order chi connectivity index (χ0) is 17.3. The molecular formula is C17H27N5O2. The van der Waals surface area contributed by atoms with Gasteiger partial charge in [-0.05, 0) is 13.8 Å². The van der Waals surface area contributed by atoms with E-state index >= 15 is 0 Å². The van der Waals surface area contributed by atoms with E-state index in [-0.39, 0.29) is 17.6 Å². The Morgan fingerprint density at radius 1 is 1.12 bits per heavy atom. The van der Waals surface area contributed by atoms with E-state index in [1.807, 2.05) is 10.9 Å². The molecule has 1 aliphatic rings. The average Bonchev–Trinajstić information content (AvgIpc) is 3.07. The topological polar surface area (TPSA) is 69.2 Å². The van der Waals surface area contributed by atoms with Crippen LogP contribution in [0.15, 0.2) is 16.9 Å². The van der Waals surface area contributed by atoms with Gasteiger partial charge < -0.3 is 9.15 Å². The Labute approximate surface area is 143 Å². The van der Waals surface area contributed by atoms with Crippen LogP contribution in [-0.2, 0) is 23.2 Å². The van der Waals surface area contributed by atoms with Crippen molar-refractivity contribution >= 4 is 0 Å². The van der Waals surface area contributed by atoms with E-state index in [1.54, 1.807) is 6.26 Å². The highest BCUT2D eigenvalue weighted by molar-refractivity contribution is 5.05. The van der Waals surface area contributed by atoms with E-state index in [2.05, 4.69) is 54.8 Å². The lowest BCUT2D eigenvalue weighted by atomic mass is 9.97. The first-order valence-corrected chi connectivity index (χ1v) is 8.51. The first-order valence-electron chi connectivity index (χ1n) is 8.51. The molecule has 1 fully saturated rings. The lowest BCUT2D eigenvalue weighted by molar-refractivity contribution is -0.0707. The van der Waals surface area contributed by atoms with Crippen molar-refractivity contribution in [1.82, 2.24) is 24.9 Å². The van der Waals surface area contributed by atoms with Gasteiger partial charge in [0.15, 0.2) is 5.89 Å². The van der Waals surface area contributed by atoms with E-state index in [1.165, 1.54) is 0 Å². The van der Waals surface area contributed by atoms with Gasteiger partial charge in [0.25, 0.3) is 0 Å². The second-order valence-electron chi connectivity index (χ2n) is 7.75. The van der Waals surface area contributed by atoms with Crippen molar-refractivity contribution in [2.24, 2.45) is 0 Å². The SMILES string of the molecule is C[C@@H]1CN(Cc2cn(Cc3coc(C(C)(C)C)n3)nn2)C[C@H](C)O1. The van der Waals surface area contributed by atoms with E-state index in [9.17, 15) is 0 Å². The third-order valence-electron chi connectivity index (χ3n) is 3.98. The van der Waals surface area contributed by atoms with Gasteiger partial charge in [0.2, 0.25) is 0 Å². The van der Waals surface area contributed by atoms with Gasteiger partial charge in [-0.2, -0.15) is 0 Å². The van der Waals surface area contributed by atoms with Crippen molar-refractivity contribution < 1.29 is 9.15 Å². The minimum absolute atomic E-state index is 0.0878. The Hall–Kier alpha value is -1.73. The molecule has 1 aliphatic heterocycles. The highest BCUT2D eigenvalue weighted by atomic mass is 16.5. The van der Waals surface area contributed by atoms with E-state index in [4.69, 9.17) is 9.15 Å². The zero-order valence-electron chi connectivity index (χ0n) is 15.2. The normalized spacial score (nSPS) is 22.9. The Morgan fingerprint density at radius 2 is 1.83 bits per heavy atom. The van der Waals surface area contributed by atoms with E-state index in [0.29, 0.717) is 6.54 Å². The number of nitrogens with zero attached hydrogens (tertiary/aromatic N) is 5. The monoisotopic (exact) mass is 333 g/mol. The summed E-state index contributed by atoms with van der Waals surface area (Å²) in [5.74, 6) is 0.745. The van der Waals surface area contributed by atoms with Crippen LogP contribution >= 0.6 is 0 Å². The van der Waals surface area contributed by atoms with Gasteiger partial charge in [-0.1, -0.05) is 26.0 Å². The van der Waals surface area contributed by atoms with E-state index in [0.717, 1.165) is 36.9 Å². The van der Waals surface area contributed by atoms with Crippen LogP contribution in [0.25, 0.3) is 0 Å². The van der Waals surface area contributed by atoms with Crippen LogP contribution in [0.3, 0.4) is 0 Å². The predicted octanol–water partition coefficient (Wildman–Crippen LogP) is 2.22. The molecule has 0 amide bonds. The summed E-state index contributed by atoms with van der Waals surface area (Å²) in [6, 6.07) is 0. The molecule has 3 rings (SSSR count). The van der Waals surface area contributed by atoms with Crippen LogP contribution < -0.4 is 0 Å².